The number of quaternary nitrogens is 1. The Morgan fingerprint density at radius 1 is 1.24 bits per heavy atom. The first-order valence-electron chi connectivity index (χ1n) is 9.79. The Morgan fingerprint density at radius 2 is 2.00 bits per heavy atom. The quantitative estimate of drug-likeness (QED) is 0.438. The summed E-state index contributed by atoms with van der Waals surface area (Å²) in [5, 5.41) is 0. The molecule has 0 saturated heterocycles. The lowest BCUT2D eigenvalue weighted by molar-refractivity contribution is -0.922. The van der Waals surface area contributed by atoms with Crippen molar-refractivity contribution in [2.75, 3.05) is 34.5 Å². The van der Waals surface area contributed by atoms with Crippen LogP contribution < -0.4 is 38.2 Å². The summed E-state index contributed by atoms with van der Waals surface area (Å²) in [5.41, 5.74) is 4.56. The zero-order chi connectivity index (χ0) is 19.9. The Kier molecular flexibility index (Phi) is 6.43. The van der Waals surface area contributed by atoms with Crippen LogP contribution in [0.25, 0.3) is 0 Å². The predicted molar refractivity (Wildman–Crippen MR) is 107 cm³/mol. The molecule has 1 atom stereocenters. The summed E-state index contributed by atoms with van der Waals surface area (Å²) in [7, 11) is 6.05. The molecule has 2 heterocycles. The van der Waals surface area contributed by atoms with Gasteiger partial charge < -0.3 is 42.7 Å². The van der Waals surface area contributed by atoms with Gasteiger partial charge in [-0.05, 0) is 29.7 Å². The summed E-state index contributed by atoms with van der Waals surface area (Å²) in [6.07, 6.45) is 1.87. The molecule has 0 aliphatic carbocycles. The first-order valence-corrected chi connectivity index (χ1v) is 9.79. The Labute approximate surface area is 189 Å². The number of carbonyl (C=O) groups excluding carboxylic acids is 1. The third kappa shape index (κ3) is 4.10. The summed E-state index contributed by atoms with van der Waals surface area (Å²) >= 11 is 0. The van der Waals surface area contributed by atoms with E-state index < -0.39 is 0 Å². The molecule has 0 spiro atoms. The third-order valence-corrected chi connectivity index (χ3v) is 6.15. The van der Waals surface area contributed by atoms with Crippen molar-refractivity contribution >= 4 is 5.78 Å². The van der Waals surface area contributed by atoms with Crippen molar-refractivity contribution in [3.8, 4) is 17.2 Å². The highest BCUT2D eigenvalue weighted by Gasteiger charge is 2.42. The molecule has 156 valence electrons. The van der Waals surface area contributed by atoms with Crippen LogP contribution in [0.3, 0.4) is 0 Å². The van der Waals surface area contributed by atoms with Gasteiger partial charge in [0.15, 0.2) is 11.5 Å². The average Bonchev–Trinajstić information content (AvgIpc) is 3.12. The largest absolute Gasteiger partial charge is 1.00 e. The van der Waals surface area contributed by atoms with E-state index in [0.29, 0.717) is 18.6 Å². The van der Waals surface area contributed by atoms with Gasteiger partial charge in [-0.25, -0.2) is 0 Å². The summed E-state index contributed by atoms with van der Waals surface area (Å²) in [6.45, 7) is 3.24. The predicted octanol–water partition coefficient (Wildman–Crippen LogP) is 0.612. The van der Waals surface area contributed by atoms with Crippen molar-refractivity contribution in [2.45, 2.75) is 32.2 Å². The van der Waals surface area contributed by atoms with Crippen molar-refractivity contribution in [1.29, 1.82) is 0 Å². The number of nitrogens with zero attached hydrogens (tertiary/aromatic N) is 1. The SMILES string of the molecule is COc1c2c(cc3c1C(CC(=O)Cc1ccccc1C)[N+](C)(C)CC3)OCO2.[I-]. The number of carbonyl (C=O) groups is 1. The fraction of sp³-hybridized carbons (Fsp3) is 0.435. The molecule has 2 aliphatic heterocycles. The van der Waals surface area contributed by atoms with Gasteiger partial charge in [0.1, 0.15) is 11.8 Å². The van der Waals surface area contributed by atoms with Gasteiger partial charge in [-0.15, -0.1) is 0 Å². The summed E-state index contributed by atoms with van der Waals surface area (Å²) in [4.78, 5) is 13.1. The van der Waals surface area contributed by atoms with E-state index in [4.69, 9.17) is 14.2 Å². The van der Waals surface area contributed by atoms with E-state index in [9.17, 15) is 4.79 Å². The molecule has 2 aromatic carbocycles. The van der Waals surface area contributed by atoms with E-state index in [1.54, 1.807) is 7.11 Å². The first-order chi connectivity index (χ1) is 13.4. The fourth-order valence-electron chi connectivity index (χ4n) is 4.42. The third-order valence-electron chi connectivity index (χ3n) is 6.15. The van der Waals surface area contributed by atoms with Gasteiger partial charge in [0.05, 0.1) is 39.7 Å². The standard InChI is InChI=1S/C23H28NO4.HI/c1-15-7-5-6-8-16(15)11-18(25)13-19-21-17(9-10-24(19,2)3)12-20-22(23(21)26-4)28-14-27-20;/h5-8,12,19H,9-11,13-14H2,1-4H3;1H/q+1;/p-1. The summed E-state index contributed by atoms with van der Waals surface area (Å²) in [6, 6.07) is 10.2. The molecule has 2 aliphatic rings. The van der Waals surface area contributed by atoms with Crippen molar-refractivity contribution in [1.82, 2.24) is 0 Å². The lowest BCUT2D eigenvalue weighted by Crippen LogP contribution is -3.00. The minimum Gasteiger partial charge on any atom is -1.00 e. The maximum atomic E-state index is 13.1. The Balaban J connectivity index is 0.00000240. The number of ether oxygens (including phenoxy) is 3. The molecule has 1 unspecified atom stereocenters. The maximum Gasteiger partial charge on any atom is 0.231 e. The van der Waals surface area contributed by atoms with E-state index in [2.05, 4.69) is 33.2 Å². The highest BCUT2D eigenvalue weighted by Crippen LogP contribution is 2.51. The smallest absolute Gasteiger partial charge is 0.231 e. The monoisotopic (exact) mass is 509 g/mol. The Bertz CT molecular complexity index is 925. The topological polar surface area (TPSA) is 44.8 Å². The maximum absolute atomic E-state index is 13.1. The van der Waals surface area contributed by atoms with Gasteiger partial charge in [0.25, 0.3) is 0 Å². The number of hydrogen-bond acceptors (Lipinski definition) is 4. The molecule has 0 fully saturated rings. The van der Waals surface area contributed by atoms with Crippen LogP contribution in [0.1, 0.15) is 34.7 Å². The molecule has 0 N–H and O–H groups in total. The number of rotatable bonds is 5. The van der Waals surface area contributed by atoms with E-state index in [0.717, 1.165) is 45.6 Å². The van der Waals surface area contributed by atoms with Crippen molar-refractivity contribution in [2.24, 2.45) is 0 Å². The number of benzene rings is 2. The normalized spacial score (nSPS) is 18.6. The van der Waals surface area contributed by atoms with Crippen LogP contribution in [-0.2, 0) is 17.6 Å². The van der Waals surface area contributed by atoms with Gasteiger partial charge in [-0.3, -0.25) is 4.79 Å². The Hall–Kier alpha value is -1.80. The fourth-order valence-corrected chi connectivity index (χ4v) is 4.42. The number of ketones is 1. The van der Waals surface area contributed by atoms with Crippen LogP contribution in [-0.4, -0.2) is 44.8 Å². The number of methoxy groups -OCH3 is 1. The van der Waals surface area contributed by atoms with E-state index >= 15 is 0 Å². The zero-order valence-electron chi connectivity index (χ0n) is 17.5. The van der Waals surface area contributed by atoms with Crippen LogP contribution in [0, 0.1) is 6.92 Å². The molecule has 5 nitrogen and oxygen atoms in total. The van der Waals surface area contributed by atoms with E-state index in [1.807, 2.05) is 18.2 Å². The van der Waals surface area contributed by atoms with Gasteiger partial charge in [-0.1, -0.05) is 24.3 Å². The van der Waals surface area contributed by atoms with Crippen LogP contribution >= 0.6 is 0 Å². The molecule has 0 aromatic heterocycles. The second-order valence-corrected chi connectivity index (χ2v) is 8.33. The van der Waals surface area contributed by atoms with Crippen molar-refractivity contribution in [3.63, 3.8) is 0 Å². The molecule has 4 rings (SSSR count). The zero-order valence-corrected chi connectivity index (χ0v) is 19.6. The number of likely N-dealkylation sites (N-methyl/N-ethyl adjacent to an activating group) is 1. The number of hydrogen-bond donors (Lipinski definition) is 0. The second-order valence-electron chi connectivity index (χ2n) is 8.33. The highest BCUT2D eigenvalue weighted by atomic mass is 127. The molecular weight excluding hydrogens is 481 g/mol. The van der Waals surface area contributed by atoms with Gasteiger partial charge in [0, 0.05) is 12.8 Å². The molecule has 6 heteroatoms. The second kappa shape index (κ2) is 8.52. The molecule has 0 amide bonds. The molecule has 0 bridgehead atoms. The minimum atomic E-state index is 0. The number of Topliss-reactive ketones (excluding diaryl/α,β-unsaturated/α-hetero) is 1. The van der Waals surface area contributed by atoms with E-state index in [-0.39, 0.29) is 42.6 Å². The van der Waals surface area contributed by atoms with E-state index in [1.165, 1.54) is 5.56 Å². The Morgan fingerprint density at radius 3 is 2.72 bits per heavy atom. The summed E-state index contributed by atoms with van der Waals surface area (Å²) < 4.78 is 17.8. The van der Waals surface area contributed by atoms with Crippen LogP contribution in [0.15, 0.2) is 30.3 Å². The lowest BCUT2D eigenvalue weighted by Gasteiger charge is -2.43. The molecule has 0 saturated carbocycles. The van der Waals surface area contributed by atoms with Crippen LogP contribution in [0.2, 0.25) is 0 Å². The van der Waals surface area contributed by atoms with Crippen LogP contribution in [0.4, 0.5) is 0 Å². The summed E-state index contributed by atoms with van der Waals surface area (Å²) in [5.74, 6) is 2.38. The molecule has 29 heavy (non-hydrogen) atoms. The number of fused-ring (bicyclic) bond motifs is 2. The molecule has 0 radical (unpaired) electrons. The first kappa shape index (κ1) is 21.9. The minimum absolute atomic E-state index is 0. The average molecular weight is 509 g/mol. The van der Waals surface area contributed by atoms with Gasteiger partial charge in [-0.2, -0.15) is 0 Å². The van der Waals surface area contributed by atoms with Gasteiger partial charge >= 0.3 is 0 Å². The molecular formula is C23H28INO4. The van der Waals surface area contributed by atoms with Gasteiger partial charge in [0.2, 0.25) is 12.5 Å². The van der Waals surface area contributed by atoms with Crippen molar-refractivity contribution in [3.05, 3.63) is 52.6 Å². The lowest BCUT2D eigenvalue weighted by atomic mass is 9.86. The van der Waals surface area contributed by atoms with Crippen LogP contribution in [0.5, 0.6) is 17.2 Å². The number of aryl methyl sites for hydroxylation is 1. The molecule has 2 aromatic rings. The number of halogens is 1. The van der Waals surface area contributed by atoms with Crippen molar-refractivity contribution < 1.29 is 47.5 Å². The highest BCUT2D eigenvalue weighted by molar-refractivity contribution is 5.82.